The number of aryl methyl sites for hydroxylation is 1. The van der Waals surface area contributed by atoms with Crippen LogP contribution in [0.3, 0.4) is 0 Å². The lowest BCUT2D eigenvalue weighted by molar-refractivity contribution is 0.288. The number of fused-ring (bicyclic) bond motifs is 1. The molecule has 2 N–H and O–H groups in total. The molecule has 0 amide bonds. The molecule has 0 spiro atoms. The van der Waals surface area contributed by atoms with Crippen molar-refractivity contribution in [2.75, 3.05) is 6.61 Å². The van der Waals surface area contributed by atoms with Crippen LogP contribution >= 0.6 is 0 Å². The van der Waals surface area contributed by atoms with Gasteiger partial charge in [0, 0.05) is 11.6 Å². The van der Waals surface area contributed by atoms with Crippen LogP contribution in [-0.4, -0.2) is 16.7 Å². The summed E-state index contributed by atoms with van der Waals surface area (Å²) in [6, 6.07) is 8.78. The summed E-state index contributed by atoms with van der Waals surface area (Å²) in [6.07, 6.45) is 1.85. The quantitative estimate of drug-likeness (QED) is 0.827. The van der Waals surface area contributed by atoms with E-state index < -0.39 is 11.4 Å². The van der Waals surface area contributed by atoms with Crippen LogP contribution in [0.15, 0.2) is 29.1 Å². The Morgan fingerprint density at radius 3 is 3.00 bits per heavy atom. The van der Waals surface area contributed by atoms with Gasteiger partial charge in [-0.3, -0.25) is 9.78 Å². The molecule has 1 aliphatic heterocycles. The van der Waals surface area contributed by atoms with Crippen molar-refractivity contribution in [1.29, 1.82) is 5.26 Å². The molecule has 5 heteroatoms. The molecular formula is C15H12N2O3. The van der Waals surface area contributed by atoms with Crippen molar-refractivity contribution >= 4 is 0 Å². The van der Waals surface area contributed by atoms with E-state index in [0.29, 0.717) is 12.2 Å². The van der Waals surface area contributed by atoms with Crippen molar-refractivity contribution in [2.24, 2.45) is 0 Å². The molecule has 0 bridgehead atoms. The topological polar surface area (TPSA) is 86.1 Å². The first kappa shape index (κ1) is 12.3. The van der Waals surface area contributed by atoms with E-state index in [1.54, 1.807) is 6.07 Å². The van der Waals surface area contributed by atoms with Crippen molar-refractivity contribution < 1.29 is 9.84 Å². The van der Waals surface area contributed by atoms with E-state index in [2.05, 4.69) is 4.98 Å². The first-order valence-corrected chi connectivity index (χ1v) is 6.31. The predicted octanol–water partition coefficient (Wildman–Crippen LogP) is 1.94. The average Bonchev–Trinajstić information content (AvgIpc) is 2.46. The number of nitrogens with one attached hydrogen (secondary N) is 1. The van der Waals surface area contributed by atoms with Gasteiger partial charge in [0.1, 0.15) is 17.4 Å². The molecule has 0 saturated heterocycles. The number of ether oxygens (including phenoxy) is 1. The monoisotopic (exact) mass is 268 g/mol. The normalized spacial score (nSPS) is 13.2. The fourth-order valence-corrected chi connectivity index (χ4v) is 2.41. The fraction of sp³-hybridized carbons (Fsp3) is 0.200. The highest BCUT2D eigenvalue weighted by Gasteiger charge is 2.15. The Hall–Kier alpha value is -2.74. The minimum Gasteiger partial charge on any atom is -0.494 e. The molecule has 0 saturated carbocycles. The summed E-state index contributed by atoms with van der Waals surface area (Å²) in [4.78, 5) is 13.7. The van der Waals surface area contributed by atoms with Gasteiger partial charge in [0.05, 0.1) is 6.61 Å². The zero-order valence-electron chi connectivity index (χ0n) is 10.6. The second-order valence-corrected chi connectivity index (χ2v) is 4.66. The Bertz CT molecular complexity index is 772. The van der Waals surface area contributed by atoms with Crippen LogP contribution in [0, 0.1) is 11.3 Å². The standard InChI is InChI=1S/C15H12N2O3/c16-8-12-11(7-14(18)17-15(12)19)9-3-4-13-10(6-9)2-1-5-20-13/h3-4,6-7H,1-2,5H2,(H2,17,18,19). The van der Waals surface area contributed by atoms with Crippen molar-refractivity contribution in [1.82, 2.24) is 4.98 Å². The van der Waals surface area contributed by atoms with Crippen molar-refractivity contribution in [2.45, 2.75) is 12.8 Å². The number of aromatic nitrogens is 1. The van der Waals surface area contributed by atoms with E-state index in [1.165, 1.54) is 6.07 Å². The van der Waals surface area contributed by atoms with Gasteiger partial charge in [-0.1, -0.05) is 6.07 Å². The Labute approximate surface area is 115 Å². The first-order chi connectivity index (χ1) is 9.69. The van der Waals surface area contributed by atoms with Gasteiger partial charge in [0.15, 0.2) is 0 Å². The van der Waals surface area contributed by atoms with Crippen molar-refractivity contribution in [3.63, 3.8) is 0 Å². The Balaban J connectivity index is 2.19. The van der Waals surface area contributed by atoms with Crippen LogP contribution in [0.2, 0.25) is 0 Å². The van der Waals surface area contributed by atoms with Crippen molar-refractivity contribution in [3.8, 4) is 28.8 Å². The van der Waals surface area contributed by atoms with E-state index in [-0.39, 0.29) is 5.56 Å². The number of pyridine rings is 1. The first-order valence-electron chi connectivity index (χ1n) is 6.31. The molecular weight excluding hydrogens is 256 g/mol. The van der Waals surface area contributed by atoms with Gasteiger partial charge in [-0.15, -0.1) is 0 Å². The molecule has 3 rings (SSSR count). The zero-order chi connectivity index (χ0) is 14.1. The summed E-state index contributed by atoms with van der Waals surface area (Å²) in [7, 11) is 0. The third-order valence-electron chi connectivity index (χ3n) is 3.35. The maximum Gasteiger partial charge on any atom is 0.251 e. The minimum absolute atomic E-state index is 0.0706. The van der Waals surface area contributed by atoms with Crippen LogP contribution in [-0.2, 0) is 6.42 Å². The number of benzene rings is 1. The molecule has 1 aromatic heterocycles. The molecule has 2 heterocycles. The second-order valence-electron chi connectivity index (χ2n) is 4.66. The van der Waals surface area contributed by atoms with Crippen LogP contribution in [0.5, 0.6) is 11.6 Å². The van der Waals surface area contributed by atoms with E-state index in [9.17, 15) is 9.90 Å². The molecule has 0 unspecified atom stereocenters. The van der Waals surface area contributed by atoms with Gasteiger partial charge in [-0.05, 0) is 36.1 Å². The number of H-pyrrole nitrogens is 1. The molecule has 0 aliphatic carbocycles. The number of rotatable bonds is 1. The fourth-order valence-electron chi connectivity index (χ4n) is 2.41. The highest BCUT2D eigenvalue weighted by atomic mass is 16.5. The molecule has 2 aromatic rings. The highest BCUT2D eigenvalue weighted by molar-refractivity contribution is 5.73. The lowest BCUT2D eigenvalue weighted by Gasteiger charge is -2.18. The summed E-state index contributed by atoms with van der Waals surface area (Å²) in [5.41, 5.74) is 1.85. The van der Waals surface area contributed by atoms with E-state index in [0.717, 1.165) is 29.7 Å². The maximum atomic E-state index is 11.5. The van der Waals surface area contributed by atoms with Crippen LogP contribution in [0.4, 0.5) is 0 Å². The maximum absolute atomic E-state index is 11.5. The third-order valence-corrected chi connectivity index (χ3v) is 3.35. The number of aromatic amines is 1. The Morgan fingerprint density at radius 1 is 1.35 bits per heavy atom. The van der Waals surface area contributed by atoms with Gasteiger partial charge >= 0.3 is 0 Å². The molecule has 20 heavy (non-hydrogen) atoms. The molecule has 0 atom stereocenters. The minimum atomic E-state index is -0.439. The second kappa shape index (κ2) is 4.74. The number of hydrogen-bond acceptors (Lipinski definition) is 4. The Morgan fingerprint density at radius 2 is 2.20 bits per heavy atom. The van der Waals surface area contributed by atoms with Crippen LogP contribution in [0.25, 0.3) is 11.1 Å². The van der Waals surface area contributed by atoms with Gasteiger partial charge in [-0.25, -0.2) is 0 Å². The lowest BCUT2D eigenvalue weighted by Crippen LogP contribution is -2.09. The number of nitriles is 1. The molecule has 1 aliphatic rings. The number of aromatic hydroxyl groups is 1. The van der Waals surface area contributed by atoms with Gasteiger partial charge in [0.25, 0.3) is 5.56 Å². The zero-order valence-corrected chi connectivity index (χ0v) is 10.6. The molecule has 1 aromatic carbocycles. The summed E-state index contributed by atoms with van der Waals surface area (Å²) in [5.74, 6) is 0.441. The third kappa shape index (κ3) is 2.01. The SMILES string of the molecule is N#Cc1c(-c2ccc3c(c2)CCCO3)cc(=O)[nH]c1O. The summed E-state index contributed by atoms with van der Waals surface area (Å²) in [5, 5.41) is 18.8. The number of nitrogens with zero attached hydrogens (tertiary/aromatic N) is 1. The van der Waals surface area contributed by atoms with E-state index in [1.807, 2.05) is 18.2 Å². The van der Waals surface area contributed by atoms with Crippen LogP contribution in [0.1, 0.15) is 17.5 Å². The highest BCUT2D eigenvalue weighted by Crippen LogP contribution is 2.32. The van der Waals surface area contributed by atoms with Crippen molar-refractivity contribution in [3.05, 3.63) is 45.7 Å². The molecule has 0 radical (unpaired) electrons. The molecule has 0 fully saturated rings. The number of hydrogen-bond donors (Lipinski definition) is 2. The van der Waals surface area contributed by atoms with E-state index in [4.69, 9.17) is 10.00 Å². The van der Waals surface area contributed by atoms with E-state index >= 15 is 0 Å². The summed E-state index contributed by atoms with van der Waals surface area (Å²) >= 11 is 0. The largest absolute Gasteiger partial charge is 0.494 e. The predicted molar refractivity (Wildman–Crippen MR) is 72.7 cm³/mol. The lowest BCUT2D eigenvalue weighted by atomic mass is 9.97. The average molecular weight is 268 g/mol. The van der Waals surface area contributed by atoms with Gasteiger partial charge < -0.3 is 9.84 Å². The Kier molecular flexibility index (Phi) is 2.92. The summed E-state index contributed by atoms with van der Waals surface area (Å²) < 4.78 is 5.54. The molecule has 100 valence electrons. The van der Waals surface area contributed by atoms with Gasteiger partial charge in [0.2, 0.25) is 5.88 Å². The molecule has 5 nitrogen and oxygen atoms in total. The van der Waals surface area contributed by atoms with Crippen LogP contribution < -0.4 is 10.3 Å². The smallest absolute Gasteiger partial charge is 0.251 e. The van der Waals surface area contributed by atoms with Gasteiger partial charge in [-0.2, -0.15) is 5.26 Å². The summed E-state index contributed by atoms with van der Waals surface area (Å²) in [6.45, 7) is 0.710.